The van der Waals surface area contributed by atoms with Crippen molar-refractivity contribution in [1.82, 2.24) is 4.98 Å². The van der Waals surface area contributed by atoms with Crippen LogP contribution < -0.4 is 9.64 Å². The molecule has 22 heavy (non-hydrogen) atoms. The fourth-order valence-electron chi connectivity index (χ4n) is 2.42. The minimum absolute atomic E-state index is 0.131. The van der Waals surface area contributed by atoms with Crippen molar-refractivity contribution >= 4 is 11.6 Å². The summed E-state index contributed by atoms with van der Waals surface area (Å²) in [6, 6.07) is 6.28. The Morgan fingerprint density at radius 1 is 1.27 bits per heavy atom. The molecule has 0 aliphatic carbocycles. The summed E-state index contributed by atoms with van der Waals surface area (Å²) in [7, 11) is 1.47. The highest BCUT2D eigenvalue weighted by Crippen LogP contribution is 2.35. The van der Waals surface area contributed by atoms with Crippen molar-refractivity contribution in [2.75, 3.05) is 12.0 Å². The summed E-state index contributed by atoms with van der Waals surface area (Å²) < 4.78 is 43.6. The Morgan fingerprint density at radius 2 is 2.05 bits per heavy atom. The van der Waals surface area contributed by atoms with Crippen molar-refractivity contribution in [1.29, 1.82) is 0 Å². The van der Waals surface area contributed by atoms with E-state index in [1.54, 1.807) is 6.07 Å². The van der Waals surface area contributed by atoms with E-state index < -0.39 is 17.6 Å². The maximum absolute atomic E-state index is 12.8. The van der Waals surface area contributed by atoms with Gasteiger partial charge in [-0.2, -0.15) is 13.2 Å². The van der Waals surface area contributed by atoms with Gasteiger partial charge in [0.05, 0.1) is 19.2 Å². The Bertz CT molecular complexity index is 744. The lowest BCUT2D eigenvalue weighted by Gasteiger charge is -2.17. The van der Waals surface area contributed by atoms with Crippen LogP contribution in [0.1, 0.15) is 21.6 Å². The van der Waals surface area contributed by atoms with Crippen LogP contribution in [0.3, 0.4) is 0 Å². The van der Waals surface area contributed by atoms with Gasteiger partial charge in [-0.25, -0.2) is 0 Å². The van der Waals surface area contributed by atoms with E-state index in [2.05, 4.69) is 4.98 Å². The van der Waals surface area contributed by atoms with E-state index in [1.165, 1.54) is 30.3 Å². The van der Waals surface area contributed by atoms with Gasteiger partial charge in [0.2, 0.25) is 0 Å². The number of carbonyl (C=O) groups excluding carboxylic acids is 1. The molecule has 0 saturated heterocycles. The van der Waals surface area contributed by atoms with Crippen LogP contribution in [0.15, 0.2) is 36.5 Å². The lowest BCUT2D eigenvalue weighted by atomic mass is 10.2. The highest BCUT2D eigenvalue weighted by molar-refractivity contribution is 6.09. The normalized spacial score (nSPS) is 14.2. The number of ether oxygens (including phenoxy) is 1. The number of hydrogen-bond donors (Lipinski definition) is 0. The first kappa shape index (κ1) is 14.4. The Hall–Kier alpha value is -2.57. The van der Waals surface area contributed by atoms with Gasteiger partial charge in [0.25, 0.3) is 5.91 Å². The number of carbonyl (C=O) groups is 1. The molecular formula is C15H11F3N2O2. The molecule has 4 nitrogen and oxygen atoms in total. The molecule has 1 aliphatic heterocycles. The highest BCUT2D eigenvalue weighted by Gasteiger charge is 2.35. The Labute approximate surface area is 124 Å². The smallest absolute Gasteiger partial charge is 0.416 e. The lowest BCUT2D eigenvalue weighted by Crippen LogP contribution is -2.23. The standard InChI is InChI=1S/C15H11F3N2O2/c1-22-12-5-6-19-13-11(12)8-20(14(13)21)10-4-2-3-9(7-10)15(16,17)18/h2-7H,8H2,1H3. The molecule has 0 spiro atoms. The zero-order chi connectivity index (χ0) is 15.9. The number of halogens is 3. The molecule has 3 rings (SSSR count). The van der Waals surface area contributed by atoms with Crippen LogP contribution >= 0.6 is 0 Å². The molecule has 1 aromatic heterocycles. The van der Waals surface area contributed by atoms with Crippen molar-refractivity contribution < 1.29 is 22.7 Å². The average molecular weight is 308 g/mol. The minimum Gasteiger partial charge on any atom is -0.496 e. The molecule has 0 unspecified atom stereocenters. The number of methoxy groups -OCH3 is 1. The molecule has 1 aromatic carbocycles. The Kier molecular flexibility index (Phi) is 3.27. The molecule has 2 heterocycles. The minimum atomic E-state index is -4.46. The lowest BCUT2D eigenvalue weighted by molar-refractivity contribution is -0.137. The van der Waals surface area contributed by atoms with E-state index in [1.807, 2.05) is 0 Å². The van der Waals surface area contributed by atoms with Crippen LogP contribution in [0.2, 0.25) is 0 Å². The first-order valence-corrected chi connectivity index (χ1v) is 6.43. The van der Waals surface area contributed by atoms with Gasteiger partial charge < -0.3 is 9.64 Å². The quantitative estimate of drug-likeness (QED) is 0.855. The molecular weight excluding hydrogens is 297 g/mol. The first-order valence-electron chi connectivity index (χ1n) is 6.43. The number of nitrogens with zero attached hydrogens (tertiary/aromatic N) is 2. The molecule has 7 heteroatoms. The third-order valence-corrected chi connectivity index (χ3v) is 3.48. The number of fused-ring (bicyclic) bond motifs is 1. The van der Waals surface area contributed by atoms with Crippen molar-refractivity contribution in [2.24, 2.45) is 0 Å². The van der Waals surface area contributed by atoms with E-state index in [-0.39, 0.29) is 17.9 Å². The summed E-state index contributed by atoms with van der Waals surface area (Å²) in [6.45, 7) is 0.131. The SMILES string of the molecule is COc1ccnc2c1CN(c1cccc(C(F)(F)F)c1)C2=O. The van der Waals surface area contributed by atoms with Crippen molar-refractivity contribution in [3.8, 4) is 5.75 Å². The molecule has 1 aliphatic rings. The predicted molar refractivity (Wildman–Crippen MR) is 72.7 cm³/mol. The molecule has 114 valence electrons. The van der Waals surface area contributed by atoms with E-state index in [0.717, 1.165) is 12.1 Å². The van der Waals surface area contributed by atoms with Gasteiger partial charge in [-0.15, -0.1) is 0 Å². The summed E-state index contributed by atoms with van der Waals surface area (Å²) in [5.41, 5.74) is 0.165. The largest absolute Gasteiger partial charge is 0.496 e. The van der Waals surface area contributed by atoms with Gasteiger partial charge >= 0.3 is 6.18 Å². The number of alkyl halides is 3. The predicted octanol–water partition coefficient (Wildman–Crippen LogP) is 3.27. The number of aromatic nitrogens is 1. The second kappa shape index (κ2) is 5.01. The Morgan fingerprint density at radius 3 is 2.73 bits per heavy atom. The Balaban J connectivity index is 2.01. The monoisotopic (exact) mass is 308 g/mol. The van der Waals surface area contributed by atoms with Crippen LogP contribution in [0.25, 0.3) is 0 Å². The number of rotatable bonds is 2. The number of pyridine rings is 1. The van der Waals surface area contributed by atoms with Crippen LogP contribution in [0.5, 0.6) is 5.75 Å². The highest BCUT2D eigenvalue weighted by atomic mass is 19.4. The van der Waals surface area contributed by atoms with Crippen molar-refractivity contribution in [3.05, 3.63) is 53.3 Å². The van der Waals surface area contributed by atoms with Crippen molar-refractivity contribution in [3.63, 3.8) is 0 Å². The average Bonchev–Trinajstić information content (AvgIpc) is 2.84. The van der Waals surface area contributed by atoms with Gasteiger partial charge in [0.1, 0.15) is 11.4 Å². The first-order chi connectivity index (χ1) is 10.4. The van der Waals surface area contributed by atoms with E-state index in [4.69, 9.17) is 4.74 Å². The summed E-state index contributed by atoms with van der Waals surface area (Å²) in [6.07, 6.45) is -3.02. The number of amides is 1. The van der Waals surface area contributed by atoms with Gasteiger partial charge in [0.15, 0.2) is 0 Å². The molecule has 0 N–H and O–H groups in total. The van der Waals surface area contributed by atoms with Crippen LogP contribution in [-0.4, -0.2) is 18.0 Å². The van der Waals surface area contributed by atoms with Gasteiger partial charge in [-0.3, -0.25) is 9.78 Å². The van der Waals surface area contributed by atoms with Gasteiger partial charge in [0, 0.05) is 17.4 Å². The van der Waals surface area contributed by atoms with E-state index in [9.17, 15) is 18.0 Å². The molecule has 0 radical (unpaired) electrons. The molecule has 1 amide bonds. The maximum atomic E-state index is 12.8. The molecule has 0 atom stereocenters. The summed E-state index contributed by atoms with van der Waals surface area (Å²) in [4.78, 5) is 17.6. The van der Waals surface area contributed by atoms with Gasteiger partial charge in [-0.1, -0.05) is 6.07 Å². The van der Waals surface area contributed by atoms with E-state index >= 15 is 0 Å². The zero-order valence-electron chi connectivity index (χ0n) is 11.5. The fourth-order valence-corrected chi connectivity index (χ4v) is 2.42. The zero-order valence-corrected chi connectivity index (χ0v) is 11.5. The molecule has 0 bridgehead atoms. The van der Waals surface area contributed by atoms with Gasteiger partial charge in [-0.05, 0) is 24.3 Å². The second-order valence-electron chi connectivity index (χ2n) is 4.78. The summed E-state index contributed by atoms with van der Waals surface area (Å²) in [5.74, 6) is 0.0565. The fraction of sp³-hybridized carbons (Fsp3) is 0.200. The van der Waals surface area contributed by atoms with Crippen LogP contribution in [0, 0.1) is 0 Å². The third-order valence-electron chi connectivity index (χ3n) is 3.48. The summed E-state index contributed by atoms with van der Waals surface area (Å²) >= 11 is 0. The third kappa shape index (κ3) is 2.28. The number of hydrogen-bond acceptors (Lipinski definition) is 3. The topological polar surface area (TPSA) is 42.4 Å². The molecule has 2 aromatic rings. The maximum Gasteiger partial charge on any atom is 0.416 e. The van der Waals surface area contributed by atoms with Crippen LogP contribution in [0.4, 0.5) is 18.9 Å². The summed E-state index contributed by atoms with van der Waals surface area (Å²) in [5, 5.41) is 0. The van der Waals surface area contributed by atoms with E-state index in [0.29, 0.717) is 11.3 Å². The van der Waals surface area contributed by atoms with Crippen LogP contribution in [-0.2, 0) is 12.7 Å². The van der Waals surface area contributed by atoms with Crippen molar-refractivity contribution in [2.45, 2.75) is 12.7 Å². The second-order valence-corrected chi connectivity index (χ2v) is 4.78. The molecule has 0 fully saturated rings. The number of benzene rings is 1. The molecule has 0 saturated carbocycles. The number of anilines is 1.